The van der Waals surface area contributed by atoms with Crippen molar-refractivity contribution in [2.75, 3.05) is 0 Å². The van der Waals surface area contributed by atoms with E-state index in [1.807, 2.05) is 6.92 Å². The van der Waals surface area contributed by atoms with Gasteiger partial charge in [0.2, 0.25) is 0 Å². The second-order valence-electron chi connectivity index (χ2n) is 4.32. The van der Waals surface area contributed by atoms with Crippen molar-refractivity contribution in [2.24, 2.45) is 5.73 Å². The highest BCUT2D eigenvalue weighted by atomic mass is 15.0. The number of aromatic nitrogens is 2. The molecule has 0 radical (unpaired) electrons. The lowest BCUT2D eigenvalue weighted by Gasteiger charge is -2.24. The fraction of sp³-hybridized carbons (Fsp3) is 0.417. The second-order valence-corrected chi connectivity index (χ2v) is 4.32. The Bertz CT molecular complexity index is 478. The Balaban J connectivity index is 2.54. The minimum absolute atomic E-state index is 0.403. The summed E-state index contributed by atoms with van der Waals surface area (Å²) in [5, 5.41) is 10.4. The Morgan fingerprint density at radius 3 is 3.00 bits per heavy atom. The van der Waals surface area contributed by atoms with Crippen molar-refractivity contribution in [2.45, 2.75) is 32.9 Å². The number of allylic oxidation sites excluding steroid dienone is 1. The number of aryl methyl sites for hydroxylation is 1. The van der Waals surface area contributed by atoms with Gasteiger partial charge in [0, 0.05) is 24.4 Å². The van der Waals surface area contributed by atoms with E-state index in [1.54, 1.807) is 6.08 Å². The molecule has 90 valence electrons. The molecule has 2 rings (SSSR count). The lowest BCUT2D eigenvalue weighted by molar-refractivity contribution is 0.500. The lowest BCUT2D eigenvalue weighted by Crippen LogP contribution is -2.35. The van der Waals surface area contributed by atoms with Gasteiger partial charge in [0.15, 0.2) is 0 Å². The van der Waals surface area contributed by atoms with Gasteiger partial charge in [0.1, 0.15) is 5.82 Å². The van der Waals surface area contributed by atoms with Crippen LogP contribution in [0.4, 0.5) is 0 Å². The van der Waals surface area contributed by atoms with E-state index in [0.29, 0.717) is 11.7 Å². The van der Waals surface area contributed by atoms with E-state index < -0.39 is 0 Å². The van der Waals surface area contributed by atoms with Gasteiger partial charge in [-0.05, 0) is 26.3 Å². The predicted molar refractivity (Wildman–Crippen MR) is 67.7 cm³/mol. The maximum atomic E-state index is 7.08. The molecule has 5 heteroatoms. The zero-order valence-corrected chi connectivity index (χ0v) is 10.1. The highest BCUT2D eigenvalue weighted by Crippen LogP contribution is 2.21. The van der Waals surface area contributed by atoms with E-state index in [2.05, 4.69) is 22.2 Å². The van der Waals surface area contributed by atoms with Crippen LogP contribution < -0.4 is 11.1 Å². The molecular weight excluding hydrogens is 214 g/mol. The van der Waals surface area contributed by atoms with Gasteiger partial charge in [0.05, 0.1) is 17.1 Å². The standard InChI is InChI=1S/C12H17N5/c1-7-5-9-11(6-15-7)16-8(2)17-12(9)10(14)3-4-13/h3-4,7,13,15H,5-6,14H2,1-2H3/b10-3-,13-4?. The first-order valence-electron chi connectivity index (χ1n) is 5.68. The minimum Gasteiger partial charge on any atom is -0.397 e. The normalized spacial score (nSPS) is 19.9. The molecule has 2 heterocycles. The van der Waals surface area contributed by atoms with Gasteiger partial charge >= 0.3 is 0 Å². The molecule has 1 unspecified atom stereocenters. The summed E-state index contributed by atoms with van der Waals surface area (Å²) in [4.78, 5) is 8.84. The highest BCUT2D eigenvalue weighted by molar-refractivity contribution is 5.81. The van der Waals surface area contributed by atoms with Crippen LogP contribution in [0.15, 0.2) is 6.08 Å². The summed E-state index contributed by atoms with van der Waals surface area (Å²) >= 11 is 0. The second kappa shape index (κ2) is 4.63. The quantitative estimate of drug-likeness (QED) is 0.656. The summed E-state index contributed by atoms with van der Waals surface area (Å²) in [6, 6.07) is 0.403. The Labute approximate surface area is 101 Å². The fourth-order valence-corrected chi connectivity index (χ4v) is 2.07. The van der Waals surface area contributed by atoms with Crippen LogP contribution in [0, 0.1) is 12.3 Å². The van der Waals surface area contributed by atoms with E-state index in [-0.39, 0.29) is 0 Å². The molecule has 0 bridgehead atoms. The van der Waals surface area contributed by atoms with E-state index in [0.717, 1.165) is 35.7 Å². The van der Waals surface area contributed by atoms with Crippen LogP contribution in [0.25, 0.3) is 5.70 Å². The number of nitrogens with zero attached hydrogens (tertiary/aromatic N) is 2. The minimum atomic E-state index is 0.403. The largest absolute Gasteiger partial charge is 0.397 e. The van der Waals surface area contributed by atoms with E-state index >= 15 is 0 Å². The van der Waals surface area contributed by atoms with E-state index in [9.17, 15) is 0 Å². The smallest absolute Gasteiger partial charge is 0.126 e. The molecule has 5 nitrogen and oxygen atoms in total. The Kier molecular flexibility index (Phi) is 3.19. The zero-order chi connectivity index (χ0) is 12.4. The number of nitrogens with two attached hydrogens (primary N) is 1. The number of rotatable bonds is 2. The first-order chi connectivity index (χ1) is 8.11. The van der Waals surface area contributed by atoms with Crippen molar-refractivity contribution < 1.29 is 0 Å². The maximum absolute atomic E-state index is 7.08. The Hall–Kier alpha value is -1.75. The van der Waals surface area contributed by atoms with Gasteiger partial charge in [-0.25, -0.2) is 9.97 Å². The molecule has 0 amide bonds. The molecule has 0 aliphatic carbocycles. The molecule has 0 aromatic carbocycles. The third-order valence-corrected chi connectivity index (χ3v) is 2.87. The van der Waals surface area contributed by atoms with Crippen molar-refractivity contribution in [3.63, 3.8) is 0 Å². The van der Waals surface area contributed by atoms with Gasteiger partial charge in [-0.2, -0.15) is 0 Å². The van der Waals surface area contributed by atoms with Gasteiger partial charge in [0.25, 0.3) is 0 Å². The average molecular weight is 231 g/mol. The molecule has 0 fully saturated rings. The summed E-state index contributed by atoms with van der Waals surface area (Å²) in [6.07, 6.45) is 3.62. The monoisotopic (exact) mass is 231 g/mol. The van der Waals surface area contributed by atoms with Crippen LogP contribution in [-0.4, -0.2) is 22.2 Å². The summed E-state index contributed by atoms with van der Waals surface area (Å²) in [6.45, 7) is 4.74. The molecule has 1 aromatic rings. The molecule has 0 saturated heterocycles. The summed E-state index contributed by atoms with van der Waals surface area (Å²) in [5.41, 5.74) is 9.39. The van der Waals surface area contributed by atoms with Crippen molar-refractivity contribution in [3.05, 3.63) is 28.9 Å². The fourth-order valence-electron chi connectivity index (χ4n) is 2.07. The van der Waals surface area contributed by atoms with Crippen molar-refractivity contribution in [1.29, 1.82) is 5.41 Å². The molecule has 0 spiro atoms. The first-order valence-corrected chi connectivity index (χ1v) is 5.68. The van der Waals surface area contributed by atoms with Crippen LogP contribution in [0.1, 0.15) is 29.7 Å². The number of hydrogen-bond acceptors (Lipinski definition) is 5. The molecule has 1 aliphatic rings. The number of hydrogen-bond donors (Lipinski definition) is 3. The van der Waals surface area contributed by atoms with Crippen LogP contribution >= 0.6 is 0 Å². The van der Waals surface area contributed by atoms with Crippen LogP contribution in [0.3, 0.4) is 0 Å². The molecule has 4 N–H and O–H groups in total. The average Bonchev–Trinajstić information content (AvgIpc) is 2.29. The highest BCUT2D eigenvalue weighted by Gasteiger charge is 2.21. The summed E-state index contributed by atoms with van der Waals surface area (Å²) in [5.74, 6) is 0.719. The van der Waals surface area contributed by atoms with Gasteiger partial charge in [-0.1, -0.05) is 0 Å². The zero-order valence-electron chi connectivity index (χ0n) is 10.1. The predicted octanol–water partition coefficient (Wildman–Crippen LogP) is 0.768. The van der Waals surface area contributed by atoms with Crippen molar-refractivity contribution in [3.8, 4) is 0 Å². The molecule has 17 heavy (non-hydrogen) atoms. The van der Waals surface area contributed by atoms with Crippen LogP contribution in [0.2, 0.25) is 0 Å². The van der Waals surface area contributed by atoms with Gasteiger partial charge < -0.3 is 16.5 Å². The molecule has 0 saturated carbocycles. The topological polar surface area (TPSA) is 87.7 Å². The third-order valence-electron chi connectivity index (χ3n) is 2.87. The van der Waals surface area contributed by atoms with E-state index in [1.165, 1.54) is 6.21 Å². The molecular formula is C12H17N5. The number of fused-ring (bicyclic) bond motifs is 1. The van der Waals surface area contributed by atoms with Crippen molar-refractivity contribution in [1.82, 2.24) is 15.3 Å². The summed E-state index contributed by atoms with van der Waals surface area (Å²) < 4.78 is 0. The third kappa shape index (κ3) is 2.34. The molecule has 1 atom stereocenters. The van der Waals surface area contributed by atoms with Gasteiger partial charge in [-0.3, -0.25) is 0 Å². The first kappa shape index (κ1) is 11.7. The van der Waals surface area contributed by atoms with E-state index in [4.69, 9.17) is 11.1 Å². The van der Waals surface area contributed by atoms with Crippen molar-refractivity contribution >= 4 is 11.9 Å². The summed E-state index contributed by atoms with van der Waals surface area (Å²) in [7, 11) is 0. The Morgan fingerprint density at radius 2 is 2.29 bits per heavy atom. The van der Waals surface area contributed by atoms with Crippen LogP contribution in [-0.2, 0) is 13.0 Å². The van der Waals surface area contributed by atoms with Gasteiger partial charge in [-0.15, -0.1) is 0 Å². The van der Waals surface area contributed by atoms with Crippen LogP contribution in [0.5, 0.6) is 0 Å². The number of nitrogens with one attached hydrogen (secondary N) is 2. The Morgan fingerprint density at radius 1 is 1.53 bits per heavy atom. The molecule has 1 aromatic heterocycles. The molecule has 1 aliphatic heterocycles. The maximum Gasteiger partial charge on any atom is 0.126 e. The lowest BCUT2D eigenvalue weighted by atomic mass is 9.97. The SMILES string of the molecule is Cc1nc2c(c(/C(N)=C/C=N)n1)CC(C)NC2.